The number of nitrogen functional groups attached to an aromatic ring is 1. The van der Waals surface area contributed by atoms with E-state index in [0.29, 0.717) is 36.6 Å². The van der Waals surface area contributed by atoms with E-state index in [0.717, 1.165) is 17.7 Å². The molecule has 5 nitrogen and oxygen atoms in total. The van der Waals surface area contributed by atoms with Gasteiger partial charge in [-0.3, -0.25) is 4.79 Å². The minimum Gasteiger partial charge on any atom is -0.495 e. The lowest BCUT2D eigenvalue weighted by molar-refractivity contribution is -0.116. The summed E-state index contributed by atoms with van der Waals surface area (Å²) in [7, 11) is 1.56. The molecule has 0 unspecified atom stereocenters. The molecule has 0 heterocycles. The predicted molar refractivity (Wildman–Crippen MR) is 104 cm³/mol. The molecule has 136 valence electrons. The van der Waals surface area contributed by atoms with Crippen molar-refractivity contribution in [1.82, 2.24) is 0 Å². The summed E-state index contributed by atoms with van der Waals surface area (Å²) in [5, 5.41) is 2.84. The van der Waals surface area contributed by atoms with Crippen molar-refractivity contribution < 1.29 is 14.3 Å². The second-order valence-corrected chi connectivity index (χ2v) is 5.50. The number of rotatable bonds is 8. The number of hydrogen-bond acceptors (Lipinski definition) is 4. The van der Waals surface area contributed by atoms with Crippen LogP contribution in [0.3, 0.4) is 0 Å². The summed E-state index contributed by atoms with van der Waals surface area (Å²) in [6.07, 6.45) is 2.06. The molecule has 0 bridgehead atoms. The zero-order chi connectivity index (χ0) is 17.4. The van der Waals surface area contributed by atoms with Crippen molar-refractivity contribution in [1.29, 1.82) is 0 Å². The zero-order valence-electron chi connectivity index (χ0n) is 14.6. The molecule has 0 aliphatic heterocycles. The number of methoxy groups -OCH3 is 1. The summed E-state index contributed by atoms with van der Waals surface area (Å²) in [6, 6.07) is 13.1. The first kappa shape index (κ1) is 20.6. The number of halogens is 1. The molecule has 0 fully saturated rings. The number of carbonyl (C=O) groups is 1. The van der Waals surface area contributed by atoms with E-state index < -0.39 is 0 Å². The topological polar surface area (TPSA) is 73.6 Å². The molecule has 0 saturated heterocycles. The molecule has 0 aromatic heterocycles. The second-order valence-electron chi connectivity index (χ2n) is 5.50. The van der Waals surface area contributed by atoms with E-state index in [1.165, 1.54) is 0 Å². The number of amides is 1. The quantitative estimate of drug-likeness (QED) is 0.693. The molecule has 6 heteroatoms. The molecule has 0 saturated carbocycles. The Kier molecular flexibility index (Phi) is 8.64. The molecule has 25 heavy (non-hydrogen) atoms. The lowest BCUT2D eigenvalue weighted by atomic mass is 10.1. The molecule has 0 atom stereocenters. The molecule has 0 aliphatic rings. The first-order chi connectivity index (χ1) is 11.6. The van der Waals surface area contributed by atoms with E-state index in [9.17, 15) is 4.79 Å². The first-order valence-corrected chi connectivity index (χ1v) is 8.07. The highest BCUT2D eigenvalue weighted by Crippen LogP contribution is 2.24. The Labute approximate surface area is 154 Å². The van der Waals surface area contributed by atoms with Gasteiger partial charge in [-0.1, -0.05) is 19.1 Å². The number of benzene rings is 2. The van der Waals surface area contributed by atoms with E-state index in [-0.39, 0.29) is 18.3 Å². The van der Waals surface area contributed by atoms with Crippen molar-refractivity contribution in [3.05, 3.63) is 48.0 Å². The van der Waals surface area contributed by atoms with Gasteiger partial charge in [0, 0.05) is 12.1 Å². The van der Waals surface area contributed by atoms with Crippen molar-refractivity contribution in [3.8, 4) is 11.5 Å². The standard InChI is InChI=1S/C19H24N2O3.ClH/c1-3-12-24-16-8-4-14(5-9-16)6-11-19(22)21-15-7-10-18(23-2)17(20)13-15;/h4-5,7-10,13H,3,6,11-12,20H2,1-2H3,(H,21,22);1H. The summed E-state index contributed by atoms with van der Waals surface area (Å²) in [5.41, 5.74) is 8.10. The normalized spacial score (nSPS) is 9.84. The van der Waals surface area contributed by atoms with Crippen LogP contribution in [0, 0.1) is 0 Å². The van der Waals surface area contributed by atoms with Crippen LogP contribution >= 0.6 is 12.4 Å². The van der Waals surface area contributed by atoms with Crippen LogP contribution in [0.25, 0.3) is 0 Å². The van der Waals surface area contributed by atoms with Gasteiger partial charge in [0.1, 0.15) is 11.5 Å². The lowest BCUT2D eigenvalue weighted by Crippen LogP contribution is -2.12. The number of hydrogen-bond donors (Lipinski definition) is 2. The highest BCUT2D eigenvalue weighted by molar-refractivity contribution is 5.91. The van der Waals surface area contributed by atoms with E-state index in [2.05, 4.69) is 12.2 Å². The Hall–Kier alpha value is -2.40. The van der Waals surface area contributed by atoms with Crippen molar-refractivity contribution in [2.75, 3.05) is 24.8 Å². The minimum absolute atomic E-state index is 0. The van der Waals surface area contributed by atoms with Crippen LogP contribution in [-0.2, 0) is 11.2 Å². The van der Waals surface area contributed by atoms with Crippen molar-refractivity contribution in [3.63, 3.8) is 0 Å². The Bertz CT molecular complexity index is 675. The third kappa shape index (κ3) is 6.55. The fraction of sp³-hybridized carbons (Fsp3) is 0.316. The summed E-state index contributed by atoms with van der Waals surface area (Å²) >= 11 is 0. The Morgan fingerprint density at radius 1 is 1.16 bits per heavy atom. The molecule has 2 rings (SSSR count). The molecule has 0 spiro atoms. The Morgan fingerprint density at radius 2 is 1.88 bits per heavy atom. The largest absolute Gasteiger partial charge is 0.495 e. The molecule has 2 aromatic rings. The monoisotopic (exact) mass is 364 g/mol. The first-order valence-electron chi connectivity index (χ1n) is 8.07. The highest BCUT2D eigenvalue weighted by atomic mass is 35.5. The minimum atomic E-state index is -0.0501. The van der Waals surface area contributed by atoms with Gasteiger partial charge in [-0.05, 0) is 48.7 Å². The van der Waals surface area contributed by atoms with E-state index in [4.69, 9.17) is 15.2 Å². The van der Waals surface area contributed by atoms with Gasteiger partial charge in [0.05, 0.1) is 19.4 Å². The molecular formula is C19H25ClN2O3. The molecular weight excluding hydrogens is 340 g/mol. The van der Waals surface area contributed by atoms with Crippen molar-refractivity contribution in [2.45, 2.75) is 26.2 Å². The van der Waals surface area contributed by atoms with Crippen LogP contribution in [0.1, 0.15) is 25.3 Å². The SMILES string of the molecule is CCCOc1ccc(CCC(=O)Nc2ccc(OC)c(N)c2)cc1.Cl. The average Bonchev–Trinajstić information content (AvgIpc) is 2.59. The number of carbonyl (C=O) groups excluding carboxylic acids is 1. The van der Waals surface area contributed by atoms with Crippen molar-refractivity contribution in [2.24, 2.45) is 0 Å². The summed E-state index contributed by atoms with van der Waals surface area (Å²) in [4.78, 5) is 12.1. The van der Waals surface area contributed by atoms with Crippen LogP contribution in [0.5, 0.6) is 11.5 Å². The van der Waals surface area contributed by atoms with Gasteiger partial charge < -0.3 is 20.5 Å². The van der Waals surface area contributed by atoms with Crippen LogP contribution < -0.4 is 20.5 Å². The lowest BCUT2D eigenvalue weighted by Gasteiger charge is -2.09. The smallest absolute Gasteiger partial charge is 0.224 e. The highest BCUT2D eigenvalue weighted by Gasteiger charge is 2.06. The van der Waals surface area contributed by atoms with Gasteiger partial charge in [-0.25, -0.2) is 0 Å². The number of anilines is 2. The third-order valence-electron chi connectivity index (χ3n) is 3.55. The van der Waals surface area contributed by atoms with Gasteiger partial charge in [0.15, 0.2) is 0 Å². The second kappa shape index (κ2) is 10.5. The van der Waals surface area contributed by atoms with Crippen LogP contribution in [0.2, 0.25) is 0 Å². The predicted octanol–water partition coefficient (Wildman–Crippen LogP) is 4.06. The molecule has 1 amide bonds. The molecule has 3 N–H and O–H groups in total. The molecule has 2 aromatic carbocycles. The Morgan fingerprint density at radius 3 is 2.48 bits per heavy atom. The number of ether oxygens (including phenoxy) is 2. The average molecular weight is 365 g/mol. The van der Waals surface area contributed by atoms with Crippen LogP contribution in [0.4, 0.5) is 11.4 Å². The maximum atomic E-state index is 12.1. The van der Waals surface area contributed by atoms with Gasteiger partial charge >= 0.3 is 0 Å². The Balaban J connectivity index is 0.00000312. The fourth-order valence-corrected chi connectivity index (χ4v) is 2.27. The number of nitrogens with two attached hydrogens (primary N) is 1. The maximum Gasteiger partial charge on any atom is 0.224 e. The summed E-state index contributed by atoms with van der Waals surface area (Å²) < 4.78 is 10.6. The molecule has 0 aliphatic carbocycles. The molecule has 0 radical (unpaired) electrons. The van der Waals surface area contributed by atoms with Crippen molar-refractivity contribution >= 4 is 29.7 Å². The van der Waals surface area contributed by atoms with Crippen LogP contribution in [0.15, 0.2) is 42.5 Å². The van der Waals surface area contributed by atoms with Gasteiger partial charge in [-0.15, -0.1) is 12.4 Å². The van der Waals surface area contributed by atoms with Gasteiger partial charge in [-0.2, -0.15) is 0 Å². The van der Waals surface area contributed by atoms with E-state index in [1.54, 1.807) is 25.3 Å². The third-order valence-corrected chi connectivity index (χ3v) is 3.55. The van der Waals surface area contributed by atoms with E-state index >= 15 is 0 Å². The summed E-state index contributed by atoms with van der Waals surface area (Å²) in [6.45, 7) is 2.79. The maximum absolute atomic E-state index is 12.1. The van der Waals surface area contributed by atoms with E-state index in [1.807, 2.05) is 24.3 Å². The van der Waals surface area contributed by atoms with Crippen LogP contribution in [-0.4, -0.2) is 19.6 Å². The summed E-state index contributed by atoms with van der Waals surface area (Å²) in [5.74, 6) is 1.41. The zero-order valence-corrected chi connectivity index (χ0v) is 15.4. The van der Waals surface area contributed by atoms with Gasteiger partial charge in [0.2, 0.25) is 5.91 Å². The van der Waals surface area contributed by atoms with Gasteiger partial charge in [0.25, 0.3) is 0 Å². The fourth-order valence-electron chi connectivity index (χ4n) is 2.27. The number of nitrogens with one attached hydrogen (secondary N) is 1. The number of aryl methyl sites for hydroxylation is 1.